The molecule has 0 spiro atoms. The summed E-state index contributed by atoms with van der Waals surface area (Å²) in [4.78, 5) is 6.78. The van der Waals surface area contributed by atoms with Crippen molar-refractivity contribution in [3.63, 3.8) is 0 Å². The normalized spacial score (nSPS) is 9.79. The van der Waals surface area contributed by atoms with Gasteiger partial charge in [0.2, 0.25) is 0 Å². The van der Waals surface area contributed by atoms with Gasteiger partial charge in [-0.3, -0.25) is 0 Å². The van der Waals surface area contributed by atoms with Gasteiger partial charge < -0.3 is 0 Å². The monoisotopic (exact) mass is 204 g/mol. The number of nitrogens with zero attached hydrogens (tertiary/aromatic N) is 4. The largest absolute Gasteiger partial charge is 0.246 e. The molecule has 14 heavy (non-hydrogen) atoms. The molecule has 0 aliphatic heterocycles. The molecule has 0 fully saturated rings. The van der Waals surface area contributed by atoms with Crippen molar-refractivity contribution in [1.82, 2.24) is 4.98 Å². The molecule has 2 rings (SSSR count). The number of halogens is 1. The highest BCUT2D eigenvalue weighted by Crippen LogP contribution is 2.25. The van der Waals surface area contributed by atoms with Gasteiger partial charge in [0.25, 0.3) is 0 Å². The van der Waals surface area contributed by atoms with Crippen molar-refractivity contribution in [2.24, 2.45) is 5.11 Å². The summed E-state index contributed by atoms with van der Waals surface area (Å²) in [6, 6.07) is 8.96. The molecular formula is C9H5ClN4. The van der Waals surface area contributed by atoms with Crippen molar-refractivity contribution >= 4 is 28.3 Å². The van der Waals surface area contributed by atoms with Crippen molar-refractivity contribution < 1.29 is 0 Å². The van der Waals surface area contributed by atoms with Crippen molar-refractivity contribution in [2.45, 2.75) is 0 Å². The first kappa shape index (κ1) is 8.81. The standard InChI is InChI=1S/C9H5ClN4/c10-7-5-9(13-14-11)12-8-4-2-1-3-6(7)8/h1-5H. The number of hydrogen-bond donors (Lipinski definition) is 0. The van der Waals surface area contributed by atoms with E-state index in [4.69, 9.17) is 17.1 Å². The average molecular weight is 205 g/mol. The third kappa shape index (κ3) is 1.48. The van der Waals surface area contributed by atoms with Gasteiger partial charge in [0.15, 0.2) is 0 Å². The number of pyridine rings is 1. The second kappa shape index (κ2) is 3.54. The Hall–Kier alpha value is -1.77. The molecule has 0 radical (unpaired) electrons. The van der Waals surface area contributed by atoms with Crippen LogP contribution < -0.4 is 0 Å². The van der Waals surface area contributed by atoms with Crippen LogP contribution in [0.5, 0.6) is 0 Å². The number of benzene rings is 1. The fourth-order valence-corrected chi connectivity index (χ4v) is 1.47. The lowest BCUT2D eigenvalue weighted by atomic mass is 10.2. The third-order valence-electron chi connectivity index (χ3n) is 1.80. The highest BCUT2D eigenvalue weighted by atomic mass is 35.5. The maximum Gasteiger partial charge on any atom is 0.128 e. The molecule has 0 atom stereocenters. The molecule has 1 aromatic carbocycles. The number of fused-ring (bicyclic) bond motifs is 1. The molecule has 68 valence electrons. The zero-order valence-corrected chi connectivity index (χ0v) is 7.81. The number of hydrogen-bond acceptors (Lipinski definition) is 2. The average Bonchev–Trinajstić information content (AvgIpc) is 2.18. The van der Waals surface area contributed by atoms with Gasteiger partial charge in [-0.15, -0.1) is 0 Å². The minimum absolute atomic E-state index is 0.288. The molecule has 1 aromatic heterocycles. The Labute approximate surface area is 84.8 Å². The summed E-state index contributed by atoms with van der Waals surface area (Å²) in [5.41, 5.74) is 8.98. The summed E-state index contributed by atoms with van der Waals surface area (Å²) in [5, 5.41) is 4.80. The Balaban J connectivity index is 2.78. The SMILES string of the molecule is [N-]=[N+]=Nc1cc(Cl)c2ccccc2n1. The molecule has 5 heteroatoms. The molecule has 0 N–H and O–H groups in total. The Bertz CT molecular complexity index is 531. The Morgan fingerprint density at radius 2 is 2.14 bits per heavy atom. The van der Waals surface area contributed by atoms with Gasteiger partial charge in [-0.2, -0.15) is 0 Å². The molecule has 4 nitrogen and oxygen atoms in total. The van der Waals surface area contributed by atoms with E-state index in [-0.39, 0.29) is 5.82 Å². The van der Waals surface area contributed by atoms with Crippen LogP contribution in [0.3, 0.4) is 0 Å². The van der Waals surface area contributed by atoms with Crippen LogP contribution in [0, 0.1) is 0 Å². The van der Waals surface area contributed by atoms with E-state index in [1.807, 2.05) is 24.3 Å². The zero-order chi connectivity index (χ0) is 9.97. The van der Waals surface area contributed by atoms with Gasteiger partial charge >= 0.3 is 0 Å². The first-order valence-electron chi connectivity index (χ1n) is 3.91. The lowest BCUT2D eigenvalue weighted by molar-refractivity contribution is 1.31. The molecule has 0 unspecified atom stereocenters. The quantitative estimate of drug-likeness (QED) is 0.396. The lowest BCUT2D eigenvalue weighted by Gasteiger charge is -2.00. The molecule has 0 amide bonds. The lowest BCUT2D eigenvalue weighted by Crippen LogP contribution is -1.79. The predicted octanol–water partition coefficient (Wildman–Crippen LogP) is 3.83. The summed E-state index contributed by atoms with van der Waals surface area (Å²) in [5.74, 6) is 0.288. The Morgan fingerprint density at radius 3 is 2.93 bits per heavy atom. The third-order valence-corrected chi connectivity index (χ3v) is 2.11. The van der Waals surface area contributed by atoms with Crippen LogP contribution in [0.25, 0.3) is 21.3 Å². The van der Waals surface area contributed by atoms with Gasteiger partial charge in [0, 0.05) is 10.3 Å². The minimum Gasteiger partial charge on any atom is -0.246 e. The maximum atomic E-state index is 8.26. The van der Waals surface area contributed by atoms with E-state index in [2.05, 4.69) is 15.0 Å². The molecule has 0 saturated carbocycles. The van der Waals surface area contributed by atoms with Crippen molar-refractivity contribution in [2.75, 3.05) is 0 Å². The molecule has 0 aliphatic carbocycles. The van der Waals surface area contributed by atoms with Crippen LogP contribution in [0.1, 0.15) is 0 Å². The molecular weight excluding hydrogens is 200 g/mol. The van der Waals surface area contributed by atoms with Crippen molar-refractivity contribution in [1.29, 1.82) is 0 Å². The summed E-state index contributed by atoms with van der Waals surface area (Å²) in [7, 11) is 0. The maximum absolute atomic E-state index is 8.26. The smallest absolute Gasteiger partial charge is 0.128 e. The topological polar surface area (TPSA) is 61.7 Å². The van der Waals surface area contributed by atoms with E-state index < -0.39 is 0 Å². The fraction of sp³-hybridized carbons (Fsp3) is 0. The van der Waals surface area contributed by atoms with Gasteiger partial charge in [-0.25, -0.2) is 4.98 Å². The number of para-hydroxylation sites is 1. The highest BCUT2D eigenvalue weighted by Gasteiger charge is 2.01. The Kier molecular flexibility index (Phi) is 2.23. The number of aromatic nitrogens is 1. The van der Waals surface area contributed by atoms with Crippen molar-refractivity contribution in [3.8, 4) is 0 Å². The first-order chi connectivity index (χ1) is 6.81. The molecule has 0 saturated heterocycles. The van der Waals surface area contributed by atoms with Crippen LogP contribution in [0.15, 0.2) is 35.4 Å². The zero-order valence-electron chi connectivity index (χ0n) is 7.05. The summed E-state index contributed by atoms with van der Waals surface area (Å²) in [6.07, 6.45) is 0. The predicted molar refractivity (Wildman–Crippen MR) is 55.6 cm³/mol. The molecule has 0 aliphatic rings. The second-order valence-corrected chi connectivity index (χ2v) is 3.08. The van der Waals surface area contributed by atoms with Gasteiger partial charge in [0.05, 0.1) is 10.5 Å². The molecule has 1 heterocycles. The van der Waals surface area contributed by atoms with Gasteiger partial charge in [-0.1, -0.05) is 29.8 Å². The van der Waals surface area contributed by atoms with Crippen LogP contribution in [-0.2, 0) is 0 Å². The van der Waals surface area contributed by atoms with E-state index >= 15 is 0 Å². The van der Waals surface area contributed by atoms with Crippen LogP contribution in [0.2, 0.25) is 5.02 Å². The summed E-state index contributed by atoms with van der Waals surface area (Å²) in [6.45, 7) is 0. The first-order valence-corrected chi connectivity index (χ1v) is 4.29. The van der Waals surface area contributed by atoms with E-state index in [1.165, 1.54) is 0 Å². The summed E-state index contributed by atoms with van der Waals surface area (Å²) < 4.78 is 0. The van der Waals surface area contributed by atoms with Crippen LogP contribution in [0.4, 0.5) is 5.82 Å². The van der Waals surface area contributed by atoms with Crippen LogP contribution in [-0.4, -0.2) is 4.98 Å². The Morgan fingerprint density at radius 1 is 1.36 bits per heavy atom. The summed E-state index contributed by atoms with van der Waals surface area (Å²) >= 11 is 5.97. The minimum atomic E-state index is 0.288. The van der Waals surface area contributed by atoms with E-state index in [1.54, 1.807) is 6.07 Å². The van der Waals surface area contributed by atoms with E-state index in [0.29, 0.717) is 5.02 Å². The second-order valence-electron chi connectivity index (χ2n) is 2.67. The fourth-order valence-electron chi connectivity index (χ4n) is 1.22. The van der Waals surface area contributed by atoms with Crippen LogP contribution >= 0.6 is 11.6 Å². The van der Waals surface area contributed by atoms with Gasteiger partial charge in [-0.05, 0) is 22.8 Å². The van der Waals surface area contributed by atoms with E-state index in [0.717, 1.165) is 10.9 Å². The highest BCUT2D eigenvalue weighted by molar-refractivity contribution is 6.35. The number of azide groups is 1. The molecule has 0 bridgehead atoms. The number of rotatable bonds is 1. The van der Waals surface area contributed by atoms with Gasteiger partial charge in [0.1, 0.15) is 5.82 Å². The van der Waals surface area contributed by atoms with Crippen molar-refractivity contribution in [3.05, 3.63) is 45.8 Å². The molecule has 2 aromatic rings. The van der Waals surface area contributed by atoms with E-state index in [9.17, 15) is 0 Å².